The van der Waals surface area contributed by atoms with Crippen LogP contribution in [0.4, 0.5) is 10.1 Å². The van der Waals surface area contributed by atoms with Crippen LogP contribution in [0.2, 0.25) is 0 Å². The molecule has 0 fully saturated rings. The topological polar surface area (TPSA) is 64.1 Å². The molecule has 23 heavy (non-hydrogen) atoms. The highest BCUT2D eigenvalue weighted by Crippen LogP contribution is 2.23. The fourth-order valence-corrected chi connectivity index (χ4v) is 1.87. The molecule has 0 radical (unpaired) electrons. The van der Waals surface area contributed by atoms with E-state index in [1.165, 1.54) is 30.7 Å². The van der Waals surface area contributed by atoms with Gasteiger partial charge in [-0.3, -0.25) is 4.79 Å². The summed E-state index contributed by atoms with van der Waals surface area (Å²) in [6.07, 6.45) is 2.82. The first kappa shape index (κ1) is 14.6. The quantitative estimate of drug-likeness (QED) is 0.799. The molecule has 3 aromatic rings. The number of nitrogens with zero attached hydrogens (tertiary/aromatic N) is 2. The van der Waals surface area contributed by atoms with E-state index in [1.807, 2.05) is 0 Å². The highest BCUT2D eigenvalue weighted by molar-refractivity contribution is 6.02. The molecule has 0 aliphatic carbocycles. The van der Waals surface area contributed by atoms with E-state index in [0.29, 0.717) is 17.2 Å². The van der Waals surface area contributed by atoms with Crippen molar-refractivity contribution in [3.8, 4) is 11.5 Å². The summed E-state index contributed by atoms with van der Waals surface area (Å²) in [5, 5.41) is 2.72. The maximum atomic E-state index is 12.8. The van der Waals surface area contributed by atoms with Crippen molar-refractivity contribution in [3.63, 3.8) is 0 Å². The molecule has 3 rings (SSSR count). The summed E-state index contributed by atoms with van der Waals surface area (Å²) in [6.45, 7) is 0. The standard InChI is InChI=1S/C17H12FN3O2/c18-12-1-5-14(6-2-12)23-15-7-3-13(4-8-15)21-17(22)16-9-10-19-11-20-16/h1-11H,(H,21,22). The van der Waals surface area contributed by atoms with Gasteiger partial charge >= 0.3 is 0 Å². The monoisotopic (exact) mass is 309 g/mol. The first-order valence-electron chi connectivity index (χ1n) is 6.81. The molecule has 5 nitrogen and oxygen atoms in total. The smallest absolute Gasteiger partial charge is 0.274 e. The minimum absolute atomic E-state index is 0.284. The number of hydrogen-bond acceptors (Lipinski definition) is 4. The van der Waals surface area contributed by atoms with Gasteiger partial charge in [0, 0.05) is 11.9 Å². The van der Waals surface area contributed by atoms with Gasteiger partial charge in [-0.15, -0.1) is 0 Å². The second kappa shape index (κ2) is 6.65. The van der Waals surface area contributed by atoms with Gasteiger partial charge in [0.15, 0.2) is 0 Å². The predicted molar refractivity (Wildman–Crippen MR) is 82.9 cm³/mol. The summed E-state index contributed by atoms with van der Waals surface area (Å²) in [7, 11) is 0. The lowest BCUT2D eigenvalue weighted by molar-refractivity contribution is 0.102. The second-order valence-electron chi connectivity index (χ2n) is 4.63. The molecule has 0 atom stereocenters. The van der Waals surface area contributed by atoms with Gasteiger partial charge in [-0.1, -0.05) is 0 Å². The van der Waals surface area contributed by atoms with Crippen molar-refractivity contribution in [2.45, 2.75) is 0 Å². The Morgan fingerprint density at radius 2 is 1.61 bits per heavy atom. The molecular formula is C17H12FN3O2. The molecule has 1 heterocycles. The van der Waals surface area contributed by atoms with E-state index < -0.39 is 0 Å². The molecule has 1 N–H and O–H groups in total. The van der Waals surface area contributed by atoms with Gasteiger partial charge in [0.05, 0.1) is 0 Å². The number of halogens is 1. The van der Waals surface area contributed by atoms with Crippen LogP contribution >= 0.6 is 0 Å². The van der Waals surface area contributed by atoms with Crippen LogP contribution in [0, 0.1) is 5.82 Å². The van der Waals surface area contributed by atoms with Crippen LogP contribution in [0.5, 0.6) is 11.5 Å². The van der Waals surface area contributed by atoms with Crippen molar-refractivity contribution >= 4 is 11.6 Å². The van der Waals surface area contributed by atoms with Crippen LogP contribution in [0.1, 0.15) is 10.5 Å². The molecule has 0 aliphatic heterocycles. The molecule has 1 amide bonds. The normalized spacial score (nSPS) is 10.1. The number of amides is 1. The fourth-order valence-electron chi connectivity index (χ4n) is 1.87. The Kier molecular flexibility index (Phi) is 4.24. The van der Waals surface area contributed by atoms with E-state index in [4.69, 9.17) is 4.74 Å². The molecule has 114 valence electrons. The number of anilines is 1. The Morgan fingerprint density at radius 1 is 0.957 bits per heavy atom. The number of aromatic nitrogens is 2. The fraction of sp³-hybridized carbons (Fsp3) is 0. The molecular weight excluding hydrogens is 297 g/mol. The number of benzene rings is 2. The Morgan fingerprint density at radius 3 is 2.22 bits per heavy atom. The number of ether oxygens (including phenoxy) is 1. The summed E-state index contributed by atoms with van der Waals surface area (Å²) in [5.74, 6) is 0.473. The van der Waals surface area contributed by atoms with E-state index >= 15 is 0 Å². The average molecular weight is 309 g/mol. The summed E-state index contributed by atoms with van der Waals surface area (Å²) >= 11 is 0. The molecule has 6 heteroatoms. The number of rotatable bonds is 4. The lowest BCUT2D eigenvalue weighted by atomic mass is 10.3. The number of nitrogens with one attached hydrogen (secondary N) is 1. The second-order valence-corrected chi connectivity index (χ2v) is 4.63. The third-order valence-corrected chi connectivity index (χ3v) is 2.98. The van der Waals surface area contributed by atoms with Crippen LogP contribution < -0.4 is 10.1 Å². The maximum Gasteiger partial charge on any atom is 0.274 e. The van der Waals surface area contributed by atoms with Crippen molar-refractivity contribution in [2.75, 3.05) is 5.32 Å². The summed E-state index contributed by atoms with van der Waals surface area (Å²) in [4.78, 5) is 19.6. The van der Waals surface area contributed by atoms with Crippen molar-refractivity contribution in [1.29, 1.82) is 0 Å². The van der Waals surface area contributed by atoms with Crippen molar-refractivity contribution in [1.82, 2.24) is 9.97 Å². The molecule has 0 saturated heterocycles. The van der Waals surface area contributed by atoms with Crippen molar-refractivity contribution in [3.05, 3.63) is 78.6 Å². The largest absolute Gasteiger partial charge is 0.457 e. The van der Waals surface area contributed by atoms with Crippen LogP contribution in [0.3, 0.4) is 0 Å². The predicted octanol–water partition coefficient (Wildman–Crippen LogP) is 3.66. The van der Waals surface area contributed by atoms with E-state index in [9.17, 15) is 9.18 Å². The van der Waals surface area contributed by atoms with Gasteiger partial charge in [0.2, 0.25) is 0 Å². The van der Waals surface area contributed by atoms with E-state index in [1.54, 1.807) is 36.4 Å². The van der Waals surface area contributed by atoms with Crippen LogP contribution in [0.25, 0.3) is 0 Å². The van der Waals surface area contributed by atoms with Crippen LogP contribution in [-0.4, -0.2) is 15.9 Å². The first-order chi connectivity index (χ1) is 11.2. The molecule has 0 aliphatic rings. The molecule has 1 aromatic heterocycles. The molecule has 0 bridgehead atoms. The molecule has 2 aromatic carbocycles. The third kappa shape index (κ3) is 3.88. The summed E-state index contributed by atoms with van der Waals surface area (Å²) < 4.78 is 18.4. The zero-order valence-electron chi connectivity index (χ0n) is 11.9. The molecule has 0 spiro atoms. The number of carbonyl (C=O) groups excluding carboxylic acids is 1. The van der Waals surface area contributed by atoms with Crippen molar-refractivity contribution in [2.24, 2.45) is 0 Å². The minimum atomic E-state index is -0.320. The van der Waals surface area contributed by atoms with Gasteiger partial charge in [-0.25, -0.2) is 14.4 Å². The third-order valence-electron chi connectivity index (χ3n) is 2.98. The highest BCUT2D eigenvalue weighted by atomic mass is 19.1. The average Bonchev–Trinajstić information content (AvgIpc) is 2.59. The molecule has 0 unspecified atom stereocenters. The number of carbonyl (C=O) groups is 1. The minimum Gasteiger partial charge on any atom is -0.457 e. The van der Waals surface area contributed by atoms with Gasteiger partial charge in [0.1, 0.15) is 29.3 Å². The van der Waals surface area contributed by atoms with E-state index in [0.717, 1.165) is 0 Å². The van der Waals surface area contributed by atoms with Gasteiger partial charge in [-0.05, 0) is 54.6 Å². The Hall–Kier alpha value is -3.28. The van der Waals surface area contributed by atoms with E-state index in [-0.39, 0.29) is 17.4 Å². The summed E-state index contributed by atoms with van der Waals surface area (Å²) in [6, 6.07) is 14.1. The summed E-state index contributed by atoms with van der Waals surface area (Å²) in [5.41, 5.74) is 0.895. The zero-order chi connectivity index (χ0) is 16.1. The van der Waals surface area contributed by atoms with E-state index in [2.05, 4.69) is 15.3 Å². The zero-order valence-corrected chi connectivity index (χ0v) is 11.9. The molecule has 0 saturated carbocycles. The number of hydrogen-bond donors (Lipinski definition) is 1. The Bertz CT molecular complexity index is 790. The lowest BCUT2D eigenvalue weighted by Gasteiger charge is -2.08. The lowest BCUT2D eigenvalue weighted by Crippen LogP contribution is -2.13. The Labute approximate surface area is 131 Å². The van der Waals surface area contributed by atoms with Crippen molar-refractivity contribution < 1.29 is 13.9 Å². The maximum absolute atomic E-state index is 12.8. The van der Waals surface area contributed by atoms with Crippen LogP contribution in [0.15, 0.2) is 67.1 Å². The first-order valence-corrected chi connectivity index (χ1v) is 6.81. The van der Waals surface area contributed by atoms with Gasteiger partial charge < -0.3 is 10.1 Å². The highest BCUT2D eigenvalue weighted by Gasteiger charge is 2.07. The SMILES string of the molecule is O=C(Nc1ccc(Oc2ccc(F)cc2)cc1)c1ccncn1. The van der Waals surface area contributed by atoms with Gasteiger partial charge in [0.25, 0.3) is 5.91 Å². The Balaban J connectivity index is 1.65. The van der Waals surface area contributed by atoms with Gasteiger partial charge in [-0.2, -0.15) is 0 Å². The van der Waals surface area contributed by atoms with Crippen LogP contribution in [-0.2, 0) is 0 Å².